The first-order valence-corrected chi connectivity index (χ1v) is 5.98. The summed E-state index contributed by atoms with van der Waals surface area (Å²) in [6.45, 7) is 2.66. The van der Waals surface area contributed by atoms with Crippen LogP contribution in [0.5, 0.6) is 0 Å². The predicted octanol–water partition coefficient (Wildman–Crippen LogP) is 2.56. The number of hydrogen-bond donors (Lipinski definition) is 0. The molecule has 0 radical (unpaired) electrons. The SMILES string of the molecule is CCOC(C(=O)C1CCCC1)C1CC1. The lowest BCUT2D eigenvalue weighted by Crippen LogP contribution is -2.31. The van der Waals surface area contributed by atoms with E-state index in [4.69, 9.17) is 4.74 Å². The molecule has 2 nitrogen and oxygen atoms in total. The number of Topliss-reactive ketones (excluding diaryl/α,β-unsaturated/α-hetero) is 1. The van der Waals surface area contributed by atoms with E-state index in [2.05, 4.69) is 0 Å². The summed E-state index contributed by atoms with van der Waals surface area (Å²) in [5.74, 6) is 1.29. The highest BCUT2D eigenvalue weighted by atomic mass is 16.5. The minimum Gasteiger partial charge on any atom is -0.370 e. The van der Waals surface area contributed by atoms with E-state index in [-0.39, 0.29) is 6.10 Å². The lowest BCUT2D eigenvalue weighted by atomic mass is 9.96. The fraction of sp³-hybridized carbons (Fsp3) is 0.917. The van der Waals surface area contributed by atoms with Crippen molar-refractivity contribution in [3.8, 4) is 0 Å². The molecule has 0 bridgehead atoms. The third-order valence-corrected chi connectivity index (χ3v) is 3.43. The Bertz CT molecular complexity index is 202. The highest BCUT2D eigenvalue weighted by Crippen LogP contribution is 2.38. The van der Waals surface area contributed by atoms with Gasteiger partial charge in [-0.3, -0.25) is 4.79 Å². The monoisotopic (exact) mass is 196 g/mol. The Hall–Kier alpha value is -0.370. The molecule has 0 aromatic heterocycles. The van der Waals surface area contributed by atoms with E-state index in [1.807, 2.05) is 6.92 Å². The maximum atomic E-state index is 12.1. The minimum atomic E-state index is -0.0527. The van der Waals surface area contributed by atoms with Crippen LogP contribution in [0.3, 0.4) is 0 Å². The van der Waals surface area contributed by atoms with Crippen molar-refractivity contribution < 1.29 is 9.53 Å². The van der Waals surface area contributed by atoms with Crippen LogP contribution in [-0.4, -0.2) is 18.5 Å². The molecular formula is C12H20O2. The molecule has 0 N–H and O–H groups in total. The van der Waals surface area contributed by atoms with Gasteiger partial charge < -0.3 is 4.74 Å². The van der Waals surface area contributed by atoms with Gasteiger partial charge in [-0.15, -0.1) is 0 Å². The first kappa shape index (κ1) is 10.2. The van der Waals surface area contributed by atoms with Gasteiger partial charge in [-0.2, -0.15) is 0 Å². The summed E-state index contributed by atoms with van der Waals surface area (Å²) in [4.78, 5) is 12.1. The predicted molar refractivity (Wildman–Crippen MR) is 55.1 cm³/mol. The van der Waals surface area contributed by atoms with E-state index in [9.17, 15) is 4.79 Å². The van der Waals surface area contributed by atoms with E-state index in [1.165, 1.54) is 25.7 Å². The summed E-state index contributed by atoms with van der Waals surface area (Å²) in [5, 5.41) is 0. The smallest absolute Gasteiger partial charge is 0.164 e. The van der Waals surface area contributed by atoms with Crippen molar-refractivity contribution in [1.82, 2.24) is 0 Å². The number of rotatable bonds is 5. The number of ether oxygens (including phenoxy) is 1. The van der Waals surface area contributed by atoms with Gasteiger partial charge in [0, 0.05) is 12.5 Å². The standard InChI is InChI=1S/C12H20O2/c1-2-14-12(10-7-8-10)11(13)9-5-3-4-6-9/h9-10,12H,2-8H2,1H3. The van der Waals surface area contributed by atoms with Crippen LogP contribution in [0.25, 0.3) is 0 Å². The van der Waals surface area contributed by atoms with Gasteiger partial charge in [0.15, 0.2) is 5.78 Å². The van der Waals surface area contributed by atoms with Crippen molar-refractivity contribution in [3.05, 3.63) is 0 Å². The van der Waals surface area contributed by atoms with Crippen LogP contribution in [0.2, 0.25) is 0 Å². The fourth-order valence-electron chi connectivity index (χ4n) is 2.47. The van der Waals surface area contributed by atoms with E-state index in [0.717, 1.165) is 12.8 Å². The van der Waals surface area contributed by atoms with Crippen LogP contribution in [-0.2, 0) is 9.53 Å². The average Bonchev–Trinajstić information content (AvgIpc) is 2.88. The highest BCUT2D eigenvalue weighted by molar-refractivity contribution is 5.86. The molecule has 2 aliphatic rings. The summed E-state index contributed by atoms with van der Waals surface area (Å²) in [6, 6.07) is 0. The first-order chi connectivity index (χ1) is 6.83. The molecule has 2 aliphatic carbocycles. The summed E-state index contributed by atoms with van der Waals surface area (Å²) in [6.07, 6.45) is 7.03. The van der Waals surface area contributed by atoms with Crippen LogP contribution in [0.4, 0.5) is 0 Å². The maximum Gasteiger partial charge on any atom is 0.164 e. The molecule has 0 heterocycles. The number of carbonyl (C=O) groups is 1. The van der Waals surface area contributed by atoms with Crippen molar-refractivity contribution in [2.75, 3.05) is 6.61 Å². The van der Waals surface area contributed by atoms with E-state index < -0.39 is 0 Å². The Labute approximate surface area is 86.0 Å². The van der Waals surface area contributed by atoms with Crippen molar-refractivity contribution in [3.63, 3.8) is 0 Å². The second kappa shape index (κ2) is 4.43. The van der Waals surface area contributed by atoms with Gasteiger partial charge in [0.2, 0.25) is 0 Å². The molecule has 80 valence electrons. The third-order valence-electron chi connectivity index (χ3n) is 3.43. The van der Waals surface area contributed by atoms with E-state index in [0.29, 0.717) is 24.2 Å². The van der Waals surface area contributed by atoms with Crippen molar-refractivity contribution in [1.29, 1.82) is 0 Å². The Balaban J connectivity index is 1.91. The zero-order chi connectivity index (χ0) is 9.97. The number of carbonyl (C=O) groups excluding carboxylic acids is 1. The number of ketones is 1. The molecule has 2 heteroatoms. The summed E-state index contributed by atoms with van der Waals surface area (Å²) in [7, 11) is 0. The third kappa shape index (κ3) is 2.17. The Kier molecular flexibility index (Phi) is 3.22. The summed E-state index contributed by atoms with van der Waals surface area (Å²) < 4.78 is 5.59. The molecule has 14 heavy (non-hydrogen) atoms. The van der Waals surface area contributed by atoms with Crippen LogP contribution in [0, 0.1) is 11.8 Å². The van der Waals surface area contributed by atoms with Gasteiger partial charge in [-0.05, 0) is 38.5 Å². The van der Waals surface area contributed by atoms with Crippen LogP contribution in [0.15, 0.2) is 0 Å². The van der Waals surface area contributed by atoms with Crippen LogP contribution in [0.1, 0.15) is 45.4 Å². The fourth-order valence-corrected chi connectivity index (χ4v) is 2.47. The molecule has 0 amide bonds. The lowest BCUT2D eigenvalue weighted by Gasteiger charge is -2.18. The van der Waals surface area contributed by atoms with Gasteiger partial charge in [0.25, 0.3) is 0 Å². The molecule has 2 saturated carbocycles. The second-order valence-electron chi connectivity index (χ2n) is 4.60. The quantitative estimate of drug-likeness (QED) is 0.675. The normalized spacial score (nSPS) is 25.2. The molecule has 2 fully saturated rings. The van der Waals surface area contributed by atoms with Crippen molar-refractivity contribution in [2.24, 2.45) is 11.8 Å². The minimum absolute atomic E-state index is 0.0527. The molecule has 0 saturated heterocycles. The zero-order valence-electron chi connectivity index (χ0n) is 9.00. The molecule has 2 rings (SSSR count). The Morgan fingerprint density at radius 2 is 1.93 bits per heavy atom. The maximum absolute atomic E-state index is 12.1. The highest BCUT2D eigenvalue weighted by Gasteiger charge is 2.39. The largest absolute Gasteiger partial charge is 0.370 e. The van der Waals surface area contributed by atoms with Crippen LogP contribution >= 0.6 is 0 Å². The Morgan fingerprint density at radius 1 is 1.29 bits per heavy atom. The molecule has 1 atom stereocenters. The molecule has 0 aromatic rings. The van der Waals surface area contributed by atoms with E-state index in [1.54, 1.807) is 0 Å². The van der Waals surface area contributed by atoms with Gasteiger partial charge in [-0.25, -0.2) is 0 Å². The van der Waals surface area contributed by atoms with Gasteiger partial charge in [-0.1, -0.05) is 12.8 Å². The van der Waals surface area contributed by atoms with Gasteiger partial charge in [0.1, 0.15) is 6.10 Å². The lowest BCUT2D eigenvalue weighted by molar-refractivity contribution is -0.135. The van der Waals surface area contributed by atoms with Gasteiger partial charge in [0.05, 0.1) is 0 Å². The zero-order valence-corrected chi connectivity index (χ0v) is 9.00. The topological polar surface area (TPSA) is 26.3 Å². The summed E-state index contributed by atoms with van der Waals surface area (Å²) in [5.41, 5.74) is 0. The second-order valence-corrected chi connectivity index (χ2v) is 4.60. The van der Waals surface area contributed by atoms with E-state index >= 15 is 0 Å². The first-order valence-electron chi connectivity index (χ1n) is 5.98. The molecule has 0 aliphatic heterocycles. The molecule has 1 unspecified atom stereocenters. The molecule has 0 aromatic carbocycles. The number of hydrogen-bond acceptors (Lipinski definition) is 2. The van der Waals surface area contributed by atoms with Crippen molar-refractivity contribution in [2.45, 2.75) is 51.6 Å². The van der Waals surface area contributed by atoms with Crippen molar-refractivity contribution >= 4 is 5.78 Å². The molecular weight excluding hydrogens is 176 g/mol. The average molecular weight is 196 g/mol. The van der Waals surface area contributed by atoms with Crippen LogP contribution < -0.4 is 0 Å². The summed E-state index contributed by atoms with van der Waals surface area (Å²) >= 11 is 0. The van der Waals surface area contributed by atoms with Gasteiger partial charge >= 0.3 is 0 Å². The Morgan fingerprint density at radius 3 is 2.43 bits per heavy atom. The molecule has 0 spiro atoms.